The Kier molecular flexibility index (Phi) is 9.57. The third-order valence-corrected chi connectivity index (χ3v) is 8.25. The van der Waals surface area contributed by atoms with E-state index in [2.05, 4.69) is 16.0 Å². The topological polar surface area (TPSA) is 87.3 Å². The quantitative estimate of drug-likeness (QED) is 0.118. The number of thioether (sulfide) groups is 1. The Labute approximate surface area is 261 Å². The van der Waals surface area contributed by atoms with Crippen molar-refractivity contribution in [1.82, 2.24) is 5.32 Å². The molecule has 0 saturated carbocycles. The molecule has 5 rings (SSSR count). The van der Waals surface area contributed by atoms with E-state index in [4.69, 9.17) is 0 Å². The number of aryl methyl sites for hydroxylation is 2. The normalized spacial score (nSPS) is 11.9. The van der Waals surface area contributed by atoms with Gasteiger partial charge in [-0.25, -0.2) is 0 Å². The molecule has 1 unspecified atom stereocenters. The number of rotatable bonds is 9. The molecular formula is C37H33N3O3S. The van der Waals surface area contributed by atoms with Crippen molar-refractivity contribution < 1.29 is 14.4 Å². The smallest absolute Gasteiger partial charge is 0.272 e. The van der Waals surface area contributed by atoms with Crippen molar-refractivity contribution in [3.63, 3.8) is 0 Å². The second-order valence-corrected chi connectivity index (χ2v) is 11.9. The van der Waals surface area contributed by atoms with Gasteiger partial charge in [-0.05, 0) is 84.6 Å². The minimum atomic E-state index is -0.467. The van der Waals surface area contributed by atoms with Crippen LogP contribution in [0, 0.1) is 13.8 Å². The van der Waals surface area contributed by atoms with Crippen molar-refractivity contribution in [1.29, 1.82) is 0 Å². The van der Waals surface area contributed by atoms with Gasteiger partial charge in [-0.1, -0.05) is 84.9 Å². The van der Waals surface area contributed by atoms with Crippen LogP contribution in [0.4, 0.5) is 11.4 Å². The summed E-state index contributed by atoms with van der Waals surface area (Å²) < 4.78 is 0. The van der Waals surface area contributed by atoms with Crippen LogP contribution in [-0.2, 0) is 9.59 Å². The van der Waals surface area contributed by atoms with Crippen LogP contribution < -0.4 is 16.0 Å². The van der Waals surface area contributed by atoms with Crippen molar-refractivity contribution in [3.05, 3.63) is 143 Å². The average molecular weight is 600 g/mol. The minimum absolute atomic E-state index is 0.106. The number of hydrogen-bond acceptors (Lipinski definition) is 4. The SMILES string of the molecule is Cc1cccc(C)c1NC(=O)C(C)Sc1cccc(NC(=O)/C(=C\c2cccc3ccccc23)NC(=O)c2ccccc2)c1. The molecule has 5 aromatic carbocycles. The first-order valence-corrected chi connectivity index (χ1v) is 15.2. The van der Waals surface area contributed by atoms with Gasteiger partial charge in [-0.2, -0.15) is 0 Å². The molecular weight excluding hydrogens is 566 g/mol. The lowest BCUT2D eigenvalue weighted by atomic mass is 10.0. The van der Waals surface area contributed by atoms with E-state index in [9.17, 15) is 14.4 Å². The molecule has 0 radical (unpaired) electrons. The third kappa shape index (κ3) is 7.43. The van der Waals surface area contributed by atoms with Gasteiger partial charge in [0.1, 0.15) is 5.70 Å². The van der Waals surface area contributed by atoms with Gasteiger partial charge in [0.25, 0.3) is 11.8 Å². The molecule has 6 nitrogen and oxygen atoms in total. The van der Waals surface area contributed by atoms with Crippen LogP contribution in [0.25, 0.3) is 16.8 Å². The second kappa shape index (κ2) is 13.9. The van der Waals surface area contributed by atoms with Crippen molar-refractivity contribution in [2.75, 3.05) is 10.6 Å². The van der Waals surface area contributed by atoms with Crippen LogP contribution in [0.15, 0.2) is 126 Å². The summed E-state index contributed by atoms with van der Waals surface area (Å²) in [6.45, 7) is 5.79. The summed E-state index contributed by atoms with van der Waals surface area (Å²) in [5.74, 6) is -0.962. The van der Waals surface area contributed by atoms with Gasteiger partial charge in [0.2, 0.25) is 5.91 Å². The number of amides is 3. The van der Waals surface area contributed by atoms with E-state index in [0.29, 0.717) is 11.3 Å². The fourth-order valence-corrected chi connectivity index (χ4v) is 5.74. The molecule has 0 aliphatic heterocycles. The Morgan fingerprint density at radius 2 is 1.39 bits per heavy atom. The molecule has 3 N–H and O–H groups in total. The highest BCUT2D eigenvalue weighted by molar-refractivity contribution is 8.00. The standard InChI is InChI=1S/C37H33N3O3S/c1-24-12-9-13-25(2)34(24)40-35(41)26(3)44-31-20-11-19-30(23-31)38-37(43)33(39-36(42)28-15-5-4-6-16-28)22-29-18-10-17-27-14-7-8-21-32(27)29/h4-23,26H,1-3H3,(H,38,43)(H,39,42)(H,40,41)/b33-22+. The maximum absolute atomic E-state index is 13.7. The van der Waals surface area contributed by atoms with Gasteiger partial charge < -0.3 is 16.0 Å². The number of para-hydroxylation sites is 1. The number of hydrogen-bond donors (Lipinski definition) is 3. The van der Waals surface area contributed by atoms with Crippen molar-refractivity contribution in [2.24, 2.45) is 0 Å². The van der Waals surface area contributed by atoms with Gasteiger partial charge in [-0.3, -0.25) is 14.4 Å². The van der Waals surface area contributed by atoms with Crippen molar-refractivity contribution >= 4 is 57.7 Å². The molecule has 0 bridgehead atoms. The van der Waals surface area contributed by atoms with Crippen molar-refractivity contribution in [3.8, 4) is 0 Å². The molecule has 0 heterocycles. The highest BCUT2D eigenvalue weighted by Crippen LogP contribution is 2.28. The van der Waals surface area contributed by atoms with E-state index in [-0.39, 0.29) is 22.8 Å². The maximum atomic E-state index is 13.7. The molecule has 0 aromatic heterocycles. The first-order valence-electron chi connectivity index (χ1n) is 14.3. The molecule has 1 atom stereocenters. The van der Waals surface area contributed by atoms with Gasteiger partial charge >= 0.3 is 0 Å². The van der Waals surface area contributed by atoms with Crippen LogP contribution in [0.3, 0.4) is 0 Å². The van der Waals surface area contributed by atoms with Crippen LogP contribution in [-0.4, -0.2) is 23.0 Å². The van der Waals surface area contributed by atoms with Gasteiger partial charge in [0.15, 0.2) is 0 Å². The molecule has 0 aliphatic carbocycles. The van der Waals surface area contributed by atoms with E-state index in [0.717, 1.165) is 38.0 Å². The molecule has 0 saturated heterocycles. The molecule has 0 fully saturated rings. The first kappa shape index (κ1) is 30.3. The molecule has 3 amide bonds. The number of anilines is 2. The number of fused-ring (bicyclic) bond motifs is 1. The maximum Gasteiger partial charge on any atom is 0.272 e. The highest BCUT2D eigenvalue weighted by Gasteiger charge is 2.18. The molecule has 5 aromatic rings. The number of carbonyl (C=O) groups excluding carboxylic acids is 3. The Hall–Kier alpha value is -5.14. The largest absolute Gasteiger partial charge is 0.325 e. The summed E-state index contributed by atoms with van der Waals surface area (Å²) in [6.07, 6.45) is 1.69. The fourth-order valence-electron chi connectivity index (χ4n) is 4.81. The second-order valence-electron chi connectivity index (χ2n) is 10.4. The molecule has 220 valence electrons. The predicted octanol–water partition coefficient (Wildman–Crippen LogP) is 7.99. The van der Waals surface area contributed by atoms with E-state index >= 15 is 0 Å². The zero-order valence-corrected chi connectivity index (χ0v) is 25.6. The number of carbonyl (C=O) groups is 3. The molecule has 7 heteroatoms. The Balaban J connectivity index is 1.36. The first-order chi connectivity index (χ1) is 21.3. The summed E-state index contributed by atoms with van der Waals surface area (Å²) in [7, 11) is 0. The molecule has 0 aliphatic rings. The summed E-state index contributed by atoms with van der Waals surface area (Å²) in [5.41, 5.74) is 4.73. The third-order valence-electron chi connectivity index (χ3n) is 7.16. The van der Waals surface area contributed by atoms with Crippen LogP contribution in [0.5, 0.6) is 0 Å². The monoisotopic (exact) mass is 599 g/mol. The van der Waals surface area contributed by atoms with E-state index in [1.54, 1.807) is 36.4 Å². The Morgan fingerprint density at radius 3 is 2.16 bits per heavy atom. The average Bonchev–Trinajstić information content (AvgIpc) is 3.03. The summed E-state index contributed by atoms with van der Waals surface area (Å²) in [6, 6.07) is 35.7. The minimum Gasteiger partial charge on any atom is -0.325 e. The van der Waals surface area contributed by atoms with E-state index in [1.165, 1.54) is 11.8 Å². The molecule has 44 heavy (non-hydrogen) atoms. The summed E-state index contributed by atoms with van der Waals surface area (Å²) >= 11 is 1.40. The Bertz CT molecular complexity index is 1840. The summed E-state index contributed by atoms with van der Waals surface area (Å²) in [4.78, 5) is 40.6. The molecule has 0 spiro atoms. The summed E-state index contributed by atoms with van der Waals surface area (Å²) in [5, 5.41) is 10.4. The lowest BCUT2D eigenvalue weighted by Gasteiger charge is -2.16. The van der Waals surface area contributed by atoms with Crippen LogP contribution >= 0.6 is 11.8 Å². The van der Waals surface area contributed by atoms with Gasteiger partial charge in [0, 0.05) is 21.8 Å². The Morgan fingerprint density at radius 1 is 0.727 bits per heavy atom. The van der Waals surface area contributed by atoms with Crippen molar-refractivity contribution in [2.45, 2.75) is 30.9 Å². The lowest BCUT2D eigenvalue weighted by Crippen LogP contribution is -2.30. The van der Waals surface area contributed by atoms with Crippen LogP contribution in [0.1, 0.15) is 34.0 Å². The van der Waals surface area contributed by atoms with E-state index < -0.39 is 5.91 Å². The van der Waals surface area contributed by atoms with Crippen LogP contribution in [0.2, 0.25) is 0 Å². The number of benzene rings is 5. The van der Waals surface area contributed by atoms with Gasteiger partial charge in [-0.15, -0.1) is 11.8 Å². The fraction of sp³-hybridized carbons (Fsp3) is 0.108. The lowest BCUT2D eigenvalue weighted by molar-refractivity contribution is -0.115. The highest BCUT2D eigenvalue weighted by atomic mass is 32.2. The zero-order valence-electron chi connectivity index (χ0n) is 24.8. The van der Waals surface area contributed by atoms with Gasteiger partial charge in [0.05, 0.1) is 5.25 Å². The predicted molar refractivity (Wildman–Crippen MR) is 181 cm³/mol. The van der Waals surface area contributed by atoms with E-state index in [1.807, 2.05) is 106 Å². The number of nitrogens with one attached hydrogen (secondary N) is 3. The zero-order chi connectivity index (χ0) is 31.1.